The van der Waals surface area contributed by atoms with Gasteiger partial charge in [-0.1, -0.05) is 26.0 Å². The summed E-state index contributed by atoms with van der Waals surface area (Å²) in [6.07, 6.45) is 1.25. The Hall–Kier alpha value is -0.890. The monoisotopic (exact) mass is 235 g/mol. The molecule has 1 saturated heterocycles. The van der Waals surface area contributed by atoms with E-state index in [0.717, 1.165) is 18.0 Å². The Morgan fingerprint density at radius 1 is 1.35 bits per heavy atom. The van der Waals surface area contributed by atoms with Gasteiger partial charge in [0.05, 0.1) is 0 Å². The zero-order valence-corrected chi connectivity index (χ0v) is 11.3. The highest BCUT2D eigenvalue weighted by molar-refractivity contribution is 5.38. The van der Waals surface area contributed by atoms with E-state index in [9.17, 15) is 4.39 Å². The van der Waals surface area contributed by atoms with E-state index in [2.05, 4.69) is 18.0 Å². The minimum absolute atomic E-state index is 0.0536. The molecule has 1 saturated carbocycles. The van der Waals surface area contributed by atoms with E-state index >= 15 is 0 Å². The molecule has 94 valence electrons. The quantitative estimate of drug-likeness (QED) is 0.721. The van der Waals surface area contributed by atoms with E-state index in [1.807, 2.05) is 26.8 Å². The number of halogens is 1. The van der Waals surface area contributed by atoms with E-state index < -0.39 is 0 Å². The second-order valence-corrected chi connectivity index (χ2v) is 5.22. The van der Waals surface area contributed by atoms with Gasteiger partial charge in [-0.05, 0) is 43.5 Å². The van der Waals surface area contributed by atoms with E-state index in [0.29, 0.717) is 5.41 Å². The Balaban J connectivity index is 0.000000514. The first kappa shape index (κ1) is 12.6. The maximum atomic E-state index is 13.5. The predicted octanol–water partition coefficient (Wildman–Crippen LogP) is 3.36. The lowest BCUT2D eigenvalue weighted by Gasteiger charge is -2.16. The molecule has 2 heteroatoms. The number of nitrogens with zero attached hydrogens (tertiary/aromatic N) is 1. The molecular weight excluding hydrogens is 213 g/mol. The van der Waals surface area contributed by atoms with Gasteiger partial charge in [-0.2, -0.15) is 0 Å². The van der Waals surface area contributed by atoms with Crippen LogP contribution in [0.3, 0.4) is 0 Å². The van der Waals surface area contributed by atoms with Crippen molar-refractivity contribution in [2.75, 3.05) is 20.1 Å². The van der Waals surface area contributed by atoms with Crippen molar-refractivity contribution < 1.29 is 4.39 Å². The average molecular weight is 235 g/mol. The molecule has 1 heterocycles. The summed E-state index contributed by atoms with van der Waals surface area (Å²) >= 11 is 0. The molecule has 2 atom stereocenters. The number of benzene rings is 1. The summed E-state index contributed by atoms with van der Waals surface area (Å²) in [6, 6.07) is 5.76. The van der Waals surface area contributed by atoms with Crippen LogP contribution in [0.1, 0.15) is 31.4 Å². The molecular formula is C15H22FN. The number of aryl methyl sites for hydroxylation is 1. The normalized spacial score (nSPS) is 30.5. The second kappa shape index (κ2) is 4.41. The molecule has 0 aromatic heterocycles. The van der Waals surface area contributed by atoms with Crippen molar-refractivity contribution in [1.82, 2.24) is 4.90 Å². The summed E-state index contributed by atoms with van der Waals surface area (Å²) in [5, 5.41) is 0. The number of hydrogen-bond acceptors (Lipinski definition) is 1. The average Bonchev–Trinajstić information content (AvgIpc) is 2.89. The molecule has 0 radical (unpaired) electrons. The SMILES string of the molecule is CC.Cc1ccc(C23CC2CN(C)C3)cc1F. The molecule has 17 heavy (non-hydrogen) atoms. The maximum absolute atomic E-state index is 13.5. The van der Waals surface area contributed by atoms with Crippen LogP contribution in [0.15, 0.2) is 18.2 Å². The van der Waals surface area contributed by atoms with Gasteiger partial charge in [0.1, 0.15) is 5.82 Å². The van der Waals surface area contributed by atoms with Crippen molar-refractivity contribution in [3.8, 4) is 0 Å². The summed E-state index contributed by atoms with van der Waals surface area (Å²) in [5.74, 6) is 0.715. The highest BCUT2D eigenvalue weighted by atomic mass is 19.1. The van der Waals surface area contributed by atoms with Gasteiger partial charge in [0, 0.05) is 18.5 Å². The van der Waals surface area contributed by atoms with E-state index in [1.165, 1.54) is 18.5 Å². The van der Waals surface area contributed by atoms with Gasteiger partial charge in [0.15, 0.2) is 0 Å². The van der Waals surface area contributed by atoms with Crippen molar-refractivity contribution in [2.45, 2.75) is 32.6 Å². The highest BCUT2D eigenvalue weighted by Gasteiger charge is 2.59. The highest BCUT2D eigenvalue weighted by Crippen LogP contribution is 2.58. The van der Waals surface area contributed by atoms with Crippen molar-refractivity contribution in [3.05, 3.63) is 35.1 Å². The molecule has 1 aliphatic carbocycles. The van der Waals surface area contributed by atoms with Crippen LogP contribution in [0.2, 0.25) is 0 Å². The number of fused-ring (bicyclic) bond motifs is 1. The lowest BCUT2D eigenvalue weighted by Crippen LogP contribution is -2.22. The van der Waals surface area contributed by atoms with Crippen LogP contribution in [0.4, 0.5) is 4.39 Å². The molecule has 0 N–H and O–H groups in total. The fourth-order valence-corrected chi connectivity index (χ4v) is 3.08. The van der Waals surface area contributed by atoms with Crippen LogP contribution in [0.5, 0.6) is 0 Å². The van der Waals surface area contributed by atoms with Crippen molar-refractivity contribution in [3.63, 3.8) is 0 Å². The van der Waals surface area contributed by atoms with E-state index in [1.54, 1.807) is 6.07 Å². The first-order valence-electron chi connectivity index (χ1n) is 6.57. The van der Waals surface area contributed by atoms with Crippen LogP contribution in [-0.2, 0) is 5.41 Å². The van der Waals surface area contributed by atoms with Gasteiger partial charge in [0.2, 0.25) is 0 Å². The third-order valence-corrected chi connectivity index (χ3v) is 4.06. The molecule has 2 unspecified atom stereocenters. The van der Waals surface area contributed by atoms with E-state index in [4.69, 9.17) is 0 Å². The van der Waals surface area contributed by atoms with Gasteiger partial charge in [-0.25, -0.2) is 4.39 Å². The smallest absolute Gasteiger partial charge is 0.126 e. The third kappa shape index (κ3) is 1.99. The number of likely N-dealkylation sites (N-methyl/N-ethyl adjacent to an activating group) is 1. The fourth-order valence-electron chi connectivity index (χ4n) is 3.08. The predicted molar refractivity (Wildman–Crippen MR) is 69.8 cm³/mol. The van der Waals surface area contributed by atoms with Crippen LogP contribution in [0, 0.1) is 18.7 Å². The Kier molecular flexibility index (Phi) is 3.26. The zero-order chi connectivity index (χ0) is 12.6. The van der Waals surface area contributed by atoms with Gasteiger partial charge in [-0.3, -0.25) is 0 Å². The minimum Gasteiger partial charge on any atom is -0.305 e. The lowest BCUT2D eigenvalue weighted by atomic mass is 9.94. The molecule has 3 rings (SSSR count). The van der Waals surface area contributed by atoms with Gasteiger partial charge < -0.3 is 4.90 Å². The zero-order valence-electron chi connectivity index (χ0n) is 11.3. The van der Waals surface area contributed by atoms with Gasteiger partial charge in [-0.15, -0.1) is 0 Å². The fraction of sp³-hybridized carbons (Fsp3) is 0.600. The summed E-state index contributed by atoms with van der Waals surface area (Å²) in [6.45, 7) is 8.09. The molecule has 1 nitrogen and oxygen atoms in total. The first-order valence-corrected chi connectivity index (χ1v) is 6.57. The number of rotatable bonds is 1. The van der Waals surface area contributed by atoms with Gasteiger partial charge >= 0.3 is 0 Å². The van der Waals surface area contributed by atoms with Crippen LogP contribution < -0.4 is 0 Å². The molecule has 0 spiro atoms. The summed E-state index contributed by atoms with van der Waals surface area (Å²) in [5.41, 5.74) is 2.25. The Bertz CT molecular complexity index is 415. The standard InChI is InChI=1S/C13H16FN.C2H6/c1-9-3-4-10(5-12(9)14)13-6-11(13)7-15(2)8-13;1-2/h3-5,11H,6-8H2,1-2H3;1-2H3. The number of likely N-dealkylation sites (tertiary alicyclic amines) is 1. The second-order valence-electron chi connectivity index (χ2n) is 5.22. The Labute approximate surface area is 104 Å². The minimum atomic E-state index is -0.0536. The lowest BCUT2D eigenvalue weighted by molar-refractivity contribution is 0.363. The largest absolute Gasteiger partial charge is 0.305 e. The molecule has 0 amide bonds. The number of hydrogen-bond donors (Lipinski definition) is 0. The Morgan fingerprint density at radius 2 is 2.06 bits per heavy atom. The third-order valence-electron chi connectivity index (χ3n) is 4.06. The number of piperidine rings is 1. The molecule has 1 aliphatic heterocycles. The van der Waals surface area contributed by atoms with Crippen molar-refractivity contribution >= 4 is 0 Å². The summed E-state index contributed by atoms with van der Waals surface area (Å²) < 4.78 is 13.5. The van der Waals surface area contributed by atoms with Crippen LogP contribution in [0.25, 0.3) is 0 Å². The Morgan fingerprint density at radius 3 is 2.59 bits per heavy atom. The van der Waals surface area contributed by atoms with Crippen LogP contribution in [-0.4, -0.2) is 25.0 Å². The van der Waals surface area contributed by atoms with Crippen molar-refractivity contribution in [1.29, 1.82) is 0 Å². The summed E-state index contributed by atoms with van der Waals surface area (Å²) in [7, 11) is 2.15. The first-order chi connectivity index (χ1) is 8.12. The molecule has 0 bridgehead atoms. The maximum Gasteiger partial charge on any atom is 0.126 e. The molecule has 2 fully saturated rings. The molecule has 1 aromatic rings. The topological polar surface area (TPSA) is 3.24 Å². The summed E-state index contributed by atoms with van der Waals surface area (Å²) in [4.78, 5) is 2.35. The molecule has 1 aromatic carbocycles. The van der Waals surface area contributed by atoms with Crippen molar-refractivity contribution in [2.24, 2.45) is 5.92 Å². The van der Waals surface area contributed by atoms with E-state index in [-0.39, 0.29) is 5.82 Å². The van der Waals surface area contributed by atoms with Crippen LogP contribution >= 0.6 is 0 Å². The molecule has 2 aliphatic rings. The van der Waals surface area contributed by atoms with Gasteiger partial charge in [0.25, 0.3) is 0 Å².